The Kier molecular flexibility index (Phi) is 6.87. The SMILES string of the molecule is Cc1cccc(-c2nn(-c3ccc(F)cc3)cc2C(=O)N2CCC(C(=O)N3CCN(C)CC3)CC2)c1. The number of benzene rings is 2. The van der Waals surface area contributed by atoms with Crippen molar-refractivity contribution < 1.29 is 14.0 Å². The predicted octanol–water partition coefficient (Wildman–Crippen LogP) is 3.61. The minimum absolute atomic E-state index is 0.0318. The van der Waals surface area contributed by atoms with E-state index in [1.54, 1.807) is 23.0 Å². The number of likely N-dealkylation sites (N-methyl/N-ethyl adjacent to an activating group) is 1. The summed E-state index contributed by atoms with van der Waals surface area (Å²) in [5, 5.41) is 4.73. The molecule has 0 aliphatic carbocycles. The third-order valence-electron chi connectivity index (χ3n) is 7.27. The Morgan fingerprint density at radius 2 is 1.61 bits per heavy atom. The number of piperazine rings is 1. The predicted molar refractivity (Wildman–Crippen MR) is 136 cm³/mol. The average Bonchev–Trinajstić information content (AvgIpc) is 3.34. The summed E-state index contributed by atoms with van der Waals surface area (Å²) < 4.78 is 15.1. The number of rotatable bonds is 4. The van der Waals surface area contributed by atoms with Gasteiger partial charge in [0.25, 0.3) is 5.91 Å². The van der Waals surface area contributed by atoms with Crippen LogP contribution in [0.3, 0.4) is 0 Å². The second-order valence-corrected chi connectivity index (χ2v) is 9.88. The van der Waals surface area contributed by atoms with Crippen molar-refractivity contribution in [3.8, 4) is 16.9 Å². The summed E-state index contributed by atoms with van der Waals surface area (Å²) in [5.41, 5.74) is 3.73. The van der Waals surface area contributed by atoms with Gasteiger partial charge in [-0.1, -0.05) is 23.8 Å². The maximum atomic E-state index is 13.7. The summed E-state index contributed by atoms with van der Waals surface area (Å²) in [6.45, 7) is 6.44. The standard InChI is InChI=1S/C28H32FN5O2/c1-20-4-3-5-22(18-20)26-25(19-34(30-26)24-8-6-23(29)7-9-24)28(36)32-12-10-21(11-13-32)27(35)33-16-14-31(2)15-17-33/h3-9,18-19,21H,10-17H2,1-2H3. The maximum Gasteiger partial charge on any atom is 0.257 e. The molecule has 0 saturated carbocycles. The zero-order valence-electron chi connectivity index (χ0n) is 20.9. The van der Waals surface area contributed by atoms with E-state index in [-0.39, 0.29) is 23.5 Å². The summed E-state index contributed by atoms with van der Waals surface area (Å²) in [6, 6.07) is 14.0. The van der Waals surface area contributed by atoms with Crippen LogP contribution in [0.1, 0.15) is 28.8 Å². The quantitative estimate of drug-likeness (QED) is 0.562. The zero-order chi connectivity index (χ0) is 25.2. The number of aromatic nitrogens is 2. The van der Waals surface area contributed by atoms with Gasteiger partial charge >= 0.3 is 0 Å². The number of likely N-dealkylation sites (tertiary alicyclic amines) is 1. The molecule has 5 rings (SSSR count). The Labute approximate surface area is 211 Å². The summed E-state index contributed by atoms with van der Waals surface area (Å²) in [6.07, 6.45) is 3.07. The zero-order valence-corrected chi connectivity index (χ0v) is 20.9. The van der Waals surface area contributed by atoms with E-state index < -0.39 is 0 Å². The molecule has 7 nitrogen and oxygen atoms in total. The van der Waals surface area contributed by atoms with E-state index in [9.17, 15) is 14.0 Å². The lowest BCUT2D eigenvalue weighted by Crippen LogP contribution is -2.51. The molecule has 2 saturated heterocycles. The lowest BCUT2D eigenvalue weighted by molar-refractivity contribution is -0.138. The van der Waals surface area contributed by atoms with Gasteiger partial charge in [0, 0.05) is 56.9 Å². The lowest BCUT2D eigenvalue weighted by Gasteiger charge is -2.37. The molecule has 3 heterocycles. The van der Waals surface area contributed by atoms with Gasteiger partial charge in [-0.25, -0.2) is 9.07 Å². The van der Waals surface area contributed by atoms with Crippen molar-refractivity contribution in [2.75, 3.05) is 46.3 Å². The van der Waals surface area contributed by atoms with Crippen molar-refractivity contribution in [3.63, 3.8) is 0 Å². The first-order valence-electron chi connectivity index (χ1n) is 12.6. The molecule has 188 valence electrons. The Balaban J connectivity index is 1.35. The highest BCUT2D eigenvalue weighted by Crippen LogP contribution is 2.28. The maximum absolute atomic E-state index is 13.7. The highest BCUT2D eigenvalue weighted by molar-refractivity contribution is 6.00. The molecule has 8 heteroatoms. The van der Waals surface area contributed by atoms with Gasteiger partial charge in [0.15, 0.2) is 0 Å². The molecule has 2 fully saturated rings. The van der Waals surface area contributed by atoms with E-state index >= 15 is 0 Å². The van der Waals surface area contributed by atoms with E-state index in [0.29, 0.717) is 42.9 Å². The molecule has 36 heavy (non-hydrogen) atoms. The van der Waals surface area contributed by atoms with Crippen molar-refractivity contribution in [1.82, 2.24) is 24.5 Å². The second-order valence-electron chi connectivity index (χ2n) is 9.88. The third kappa shape index (κ3) is 5.04. The highest BCUT2D eigenvalue weighted by atomic mass is 19.1. The normalized spacial score (nSPS) is 17.4. The molecule has 0 atom stereocenters. The van der Waals surface area contributed by atoms with Gasteiger partial charge in [-0.05, 0) is 57.1 Å². The van der Waals surface area contributed by atoms with Gasteiger partial charge in [0.05, 0.1) is 11.3 Å². The fourth-order valence-corrected chi connectivity index (χ4v) is 5.05. The van der Waals surface area contributed by atoms with Crippen molar-refractivity contribution in [3.05, 3.63) is 71.7 Å². The molecule has 0 spiro atoms. The molecular weight excluding hydrogens is 457 g/mol. The second kappa shape index (κ2) is 10.2. The first-order valence-corrected chi connectivity index (χ1v) is 12.6. The van der Waals surface area contributed by atoms with Gasteiger partial charge in [0.1, 0.15) is 11.5 Å². The monoisotopic (exact) mass is 489 g/mol. The number of carbonyl (C=O) groups excluding carboxylic acids is 2. The van der Waals surface area contributed by atoms with Crippen LogP contribution in [0.5, 0.6) is 0 Å². The van der Waals surface area contributed by atoms with Crippen LogP contribution in [-0.2, 0) is 4.79 Å². The molecule has 0 unspecified atom stereocenters. The minimum Gasteiger partial charge on any atom is -0.340 e. The van der Waals surface area contributed by atoms with Crippen molar-refractivity contribution in [2.45, 2.75) is 19.8 Å². The number of carbonyl (C=O) groups is 2. The van der Waals surface area contributed by atoms with E-state index in [1.807, 2.05) is 41.0 Å². The molecule has 2 aliphatic rings. The lowest BCUT2D eigenvalue weighted by atomic mass is 9.94. The largest absolute Gasteiger partial charge is 0.340 e. The van der Waals surface area contributed by atoms with Crippen LogP contribution in [0.2, 0.25) is 0 Å². The molecule has 1 aromatic heterocycles. The Hall–Kier alpha value is -3.52. The number of aryl methyl sites for hydroxylation is 1. The Bertz CT molecular complexity index is 1240. The molecule has 2 amide bonds. The smallest absolute Gasteiger partial charge is 0.257 e. The minimum atomic E-state index is -0.324. The van der Waals surface area contributed by atoms with Gasteiger partial charge in [-0.2, -0.15) is 5.10 Å². The number of hydrogen-bond acceptors (Lipinski definition) is 4. The van der Waals surface area contributed by atoms with Gasteiger partial charge in [0.2, 0.25) is 5.91 Å². The molecule has 0 radical (unpaired) electrons. The van der Waals surface area contributed by atoms with Crippen LogP contribution >= 0.6 is 0 Å². The van der Waals surface area contributed by atoms with Gasteiger partial charge in [-0.3, -0.25) is 9.59 Å². The van der Waals surface area contributed by atoms with E-state index in [4.69, 9.17) is 5.10 Å². The summed E-state index contributed by atoms with van der Waals surface area (Å²) in [5.74, 6) is -0.226. The number of hydrogen-bond donors (Lipinski definition) is 0. The molecule has 3 aromatic rings. The van der Waals surface area contributed by atoms with Crippen LogP contribution in [0.4, 0.5) is 4.39 Å². The first-order chi connectivity index (χ1) is 17.4. The summed E-state index contributed by atoms with van der Waals surface area (Å²) in [7, 11) is 2.08. The molecule has 0 N–H and O–H groups in total. The fourth-order valence-electron chi connectivity index (χ4n) is 5.05. The van der Waals surface area contributed by atoms with Crippen molar-refractivity contribution in [1.29, 1.82) is 0 Å². The number of amides is 2. The topological polar surface area (TPSA) is 61.7 Å². The summed E-state index contributed by atoms with van der Waals surface area (Å²) >= 11 is 0. The van der Waals surface area contributed by atoms with Crippen molar-refractivity contribution in [2.24, 2.45) is 5.92 Å². The average molecular weight is 490 g/mol. The van der Waals surface area contributed by atoms with Crippen LogP contribution < -0.4 is 0 Å². The fraction of sp³-hybridized carbons (Fsp3) is 0.393. The first kappa shape index (κ1) is 24.2. The molecule has 0 bridgehead atoms. The molecular formula is C28H32FN5O2. The Morgan fingerprint density at radius 3 is 2.28 bits per heavy atom. The van der Waals surface area contributed by atoms with Gasteiger partial charge in [-0.15, -0.1) is 0 Å². The highest BCUT2D eigenvalue weighted by Gasteiger charge is 2.33. The molecule has 2 aliphatic heterocycles. The van der Waals surface area contributed by atoms with Crippen LogP contribution in [0.25, 0.3) is 16.9 Å². The van der Waals surface area contributed by atoms with E-state index in [0.717, 1.165) is 37.3 Å². The van der Waals surface area contributed by atoms with Gasteiger partial charge < -0.3 is 14.7 Å². The van der Waals surface area contributed by atoms with Crippen LogP contribution in [0.15, 0.2) is 54.7 Å². The van der Waals surface area contributed by atoms with Crippen molar-refractivity contribution >= 4 is 11.8 Å². The number of halogens is 1. The number of piperidine rings is 1. The van der Waals surface area contributed by atoms with E-state index in [1.165, 1.54) is 12.1 Å². The van der Waals surface area contributed by atoms with Crippen LogP contribution in [0, 0.1) is 18.7 Å². The Morgan fingerprint density at radius 1 is 0.917 bits per heavy atom. The van der Waals surface area contributed by atoms with Crippen LogP contribution in [-0.4, -0.2) is 82.6 Å². The molecule has 2 aromatic carbocycles. The third-order valence-corrected chi connectivity index (χ3v) is 7.27. The number of nitrogens with zero attached hydrogens (tertiary/aromatic N) is 5. The summed E-state index contributed by atoms with van der Waals surface area (Å²) in [4.78, 5) is 32.8. The van der Waals surface area contributed by atoms with E-state index in [2.05, 4.69) is 11.9 Å².